The zero-order chi connectivity index (χ0) is 20.5. The summed E-state index contributed by atoms with van der Waals surface area (Å²) in [5.41, 5.74) is 0.795. The Labute approximate surface area is 165 Å². The second-order valence-corrected chi connectivity index (χ2v) is 6.32. The maximum atomic E-state index is 12.9. The quantitative estimate of drug-likeness (QED) is 0.286. The molecule has 0 fully saturated rings. The fourth-order valence-electron chi connectivity index (χ4n) is 3.23. The highest BCUT2D eigenvalue weighted by atomic mass is 16.6. The van der Waals surface area contributed by atoms with Crippen LogP contribution in [-0.2, 0) is 0 Å². The van der Waals surface area contributed by atoms with Crippen LogP contribution in [0.4, 0.5) is 5.69 Å². The number of rotatable bonds is 5. The monoisotopic (exact) mass is 389 g/mol. The van der Waals surface area contributed by atoms with Crippen molar-refractivity contribution in [2.24, 2.45) is 5.10 Å². The van der Waals surface area contributed by atoms with Gasteiger partial charge in [0.2, 0.25) is 0 Å². The zero-order valence-corrected chi connectivity index (χ0v) is 15.4. The van der Waals surface area contributed by atoms with E-state index in [1.165, 1.54) is 18.3 Å². The number of ether oxygens (including phenoxy) is 1. The van der Waals surface area contributed by atoms with Crippen molar-refractivity contribution in [3.63, 3.8) is 0 Å². The van der Waals surface area contributed by atoms with Crippen LogP contribution < -0.4 is 4.74 Å². The summed E-state index contributed by atoms with van der Waals surface area (Å²) in [6.45, 7) is 2.42. The molecule has 3 aromatic rings. The lowest BCUT2D eigenvalue weighted by Gasteiger charge is -2.22. The number of amides is 2. The minimum atomic E-state index is -0.704. The highest BCUT2D eigenvalue weighted by molar-refractivity contribution is 6.25. The van der Waals surface area contributed by atoms with Crippen molar-refractivity contribution in [1.29, 1.82) is 0 Å². The highest BCUT2D eigenvalue weighted by Gasteiger charge is 2.34. The van der Waals surface area contributed by atoms with Crippen molar-refractivity contribution >= 4 is 34.5 Å². The molecule has 0 aliphatic carbocycles. The van der Waals surface area contributed by atoms with E-state index in [9.17, 15) is 19.7 Å². The third kappa shape index (κ3) is 3.20. The number of hydrogen-bond acceptors (Lipinski definition) is 6. The molecule has 0 unspecified atom stereocenters. The molecule has 0 bridgehead atoms. The van der Waals surface area contributed by atoms with Gasteiger partial charge < -0.3 is 4.74 Å². The number of benzene rings is 3. The number of nitro groups is 1. The van der Waals surface area contributed by atoms with Gasteiger partial charge in [0.25, 0.3) is 17.5 Å². The van der Waals surface area contributed by atoms with Gasteiger partial charge >= 0.3 is 0 Å². The van der Waals surface area contributed by atoms with E-state index in [0.717, 1.165) is 5.01 Å². The van der Waals surface area contributed by atoms with Crippen molar-refractivity contribution in [3.8, 4) is 5.75 Å². The molecule has 8 nitrogen and oxygen atoms in total. The van der Waals surface area contributed by atoms with E-state index in [-0.39, 0.29) is 16.8 Å². The van der Waals surface area contributed by atoms with Crippen molar-refractivity contribution < 1.29 is 19.2 Å². The second kappa shape index (κ2) is 7.16. The molecular weight excluding hydrogens is 374 g/mol. The normalized spacial score (nSPS) is 13.3. The van der Waals surface area contributed by atoms with Gasteiger partial charge in [0.05, 0.1) is 28.9 Å². The lowest BCUT2D eigenvalue weighted by molar-refractivity contribution is -0.384. The first-order valence-electron chi connectivity index (χ1n) is 8.86. The Morgan fingerprint density at radius 2 is 1.79 bits per heavy atom. The number of carbonyl (C=O) groups excluding carboxylic acids is 2. The molecule has 144 valence electrons. The number of nitrogens with zero attached hydrogens (tertiary/aromatic N) is 3. The number of imide groups is 1. The molecule has 4 rings (SSSR count). The molecule has 1 heterocycles. The van der Waals surface area contributed by atoms with Crippen LogP contribution >= 0.6 is 0 Å². The summed E-state index contributed by atoms with van der Waals surface area (Å²) in [7, 11) is 0. The lowest BCUT2D eigenvalue weighted by Crippen LogP contribution is -2.36. The van der Waals surface area contributed by atoms with Gasteiger partial charge in [-0.25, -0.2) is 0 Å². The van der Waals surface area contributed by atoms with Crippen LogP contribution in [0, 0.1) is 10.1 Å². The molecule has 0 saturated heterocycles. The third-order valence-corrected chi connectivity index (χ3v) is 4.53. The molecule has 1 aliphatic rings. The maximum absolute atomic E-state index is 12.9. The Kier molecular flexibility index (Phi) is 4.52. The Hall–Kier alpha value is -4.07. The lowest BCUT2D eigenvalue weighted by atomic mass is 9.94. The van der Waals surface area contributed by atoms with Gasteiger partial charge in [0.15, 0.2) is 0 Å². The molecular formula is C21H15N3O5. The summed E-state index contributed by atoms with van der Waals surface area (Å²) in [4.78, 5) is 36.4. The van der Waals surface area contributed by atoms with Crippen LogP contribution in [0.1, 0.15) is 33.2 Å². The maximum Gasteiger partial charge on any atom is 0.282 e. The van der Waals surface area contributed by atoms with Crippen LogP contribution in [-0.4, -0.2) is 34.6 Å². The summed E-state index contributed by atoms with van der Waals surface area (Å²) in [6.07, 6.45) is 1.38. The molecule has 0 radical (unpaired) electrons. The van der Waals surface area contributed by atoms with Crippen molar-refractivity contribution in [1.82, 2.24) is 5.01 Å². The Balaban J connectivity index is 1.74. The molecule has 0 aromatic heterocycles. The molecule has 29 heavy (non-hydrogen) atoms. The van der Waals surface area contributed by atoms with Gasteiger partial charge in [0, 0.05) is 17.5 Å². The van der Waals surface area contributed by atoms with Crippen LogP contribution in [0.25, 0.3) is 10.8 Å². The standard InChI is InChI=1S/C21H15N3O5/c1-2-29-16-8-6-13(7-9-16)12-22-23-20(25)17-5-3-4-14-10-15(24(27)28)11-18(19(14)17)21(23)26/h3-12H,2H2,1H3/b22-12-. The SMILES string of the molecule is CCOc1ccc(/C=N\N2C(=O)c3cccc4cc([N+](=O)[O-])cc(c34)C2=O)cc1. The fraction of sp³-hybridized carbons (Fsp3) is 0.0952. The van der Waals surface area contributed by atoms with Gasteiger partial charge in [0.1, 0.15) is 5.75 Å². The predicted octanol–water partition coefficient (Wildman–Crippen LogP) is 3.78. The predicted molar refractivity (Wildman–Crippen MR) is 106 cm³/mol. The third-order valence-electron chi connectivity index (χ3n) is 4.53. The van der Waals surface area contributed by atoms with Gasteiger partial charge in [-0.15, -0.1) is 0 Å². The van der Waals surface area contributed by atoms with Crippen molar-refractivity contribution in [2.45, 2.75) is 6.92 Å². The first-order chi connectivity index (χ1) is 14.0. The van der Waals surface area contributed by atoms with Crippen molar-refractivity contribution in [3.05, 3.63) is 81.4 Å². The largest absolute Gasteiger partial charge is 0.494 e. The smallest absolute Gasteiger partial charge is 0.282 e. The Bertz CT molecular complexity index is 1180. The minimum absolute atomic E-state index is 0.0771. The van der Waals surface area contributed by atoms with Crippen LogP contribution in [0.15, 0.2) is 59.7 Å². The van der Waals surface area contributed by atoms with E-state index in [1.54, 1.807) is 42.5 Å². The molecule has 3 aromatic carbocycles. The van der Waals surface area contributed by atoms with Crippen LogP contribution in [0.3, 0.4) is 0 Å². The average molecular weight is 389 g/mol. The zero-order valence-electron chi connectivity index (χ0n) is 15.4. The number of non-ortho nitro benzene ring substituents is 1. The summed E-state index contributed by atoms with van der Waals surface area (Å²) >= 11 is 0. The number of hydrazone groups is 1. The molecule has 1 aliphatic heterocycles. The summed E-state index contributed by atoms with van der Waals surface area (Å²) in [5, 5.41) is 16.9. The number of hydrogen-bond donors (Lipinski definition) is 0. The van der Waals surface area contributed by atoms with Crippen LogP contribution in [0.5, 0.6) is 5.75 Å². The minimum Gasteiger partial charge on any atom is -0.494 e. The van der Waals surface area contributed by atoms with E-state index in [1.807, 2.05) is 6.92 Å². The first kappa shape index (κ1) is 18.3. The van der Waals surface area contributed by atoms with Gasteiger partial charge in [-0.1, -0.05) is 12.1 Å². The molecule has 0 spiro atoms. The van der Waals surface area contributed by atoms with Gasteiger partial charge in [-0.05, 0) is 48.2 Å². The summed E-state index contributed by atoms with van der Waals surface area (Å²) in [5.74, 6) is -0.587. The van der Waals surface area contributed by atoms with E-state index < -0.39 is 16.7 Å². The first-order valence-corrected chi connectivity index (χ1v) is 8.86. The van der Waals surface area contributed by atoms with E-state index >= 15 is 0 Å². The van der Waals surface area contributed by atoms with Gasteiger partial charge in [-0.2, -0.15) is 10.1 Å². The second-order valence-electron chi connectivity index (χ2n) is 6.32. The molecule has 0 atom stereocenters. The highest BCUT2D eigenvalue weighted by Crippen LogP contribution is 2.33. The summed E-state index contributed by atoms with van der Waals surface area (Å²) in [6, 6.07) is 14.4. The number of carbonyl (C=O) groups is 2. The van der Waals surface area contributed by atoms with E-state index in [2.05, 4.69) is 5.10 Å². The van der Waals surface area contributed by atoms with Crippen LogP contribution in [0.2, 0.25) is 0 Å². The van der Waals surface area contributed by atoms with E-state index in [0.29, 0.717) is 28.7 Å². The van der Waals surface area contributed by atoms with E-state index in [4.69, 9.17) is 4.74 Å². The molecule has 2 amide bonds. The van der Waals surface area contributed by atoms with Crippen molar-refractivity contribution in [2.75, 3.05) is 6.61 Å². The Morgan fingerprint density at radius 1 is 1.07 bits per heavy atom. The molecule has 8 heteroatoms. The fourth-order valence-corrected chi connectivity index (χ4v) is 3.23. The number of nitro benzene ring substituents is 1. The Morgan fingerprint density at radius 3 is 2.48 bits per heavy atom. The molecule has 0 saturated carbocycles. The van der Waals surface area contributed by atoms with Gasteiger partial charge in [-0.3, -0.25) is 19.7 Å². The average Bonchev–Trinajstić information content (AvgIpc) is 2.72. The molecule has 0 N–H and O–H groups in total. The summed E-state index contributed by atoms with van der Waals surface area (Å²) < 4.78 is 5.37. The topological polar surface area (TPSA) is 102 Å².